The van der Waals surface area contributed by atoms with E-state index in [0.29, 0.717) is 5.56 Å². The number of hydrogen-bond acceptors (Lipinski definition) is 3. The zero-order chi connectivity index (χ0) is 15.4. The number of carbonyl (C=O) groups is 1. The maximum atomic E-state index is 12.1. The van der Waals surface area contributed by atoms with Crippen LogP contribution in [0.15, 0.2) is 30.5 Å². The van der Waals surface area contributed by atoms with Crippen LogP contribution >= 0.6 is 0 Å². The molecule has 0 fully saturated rings. The van der Waals surface area contributed by atoms with Crippen molar-refractivity contribution in [2.75, 3.05) is 11.9 Å². The second-order valence-corrected chi connectivity index (χ2v) is 4.44. The van der Waals surface area contributed by atoms with E-state index < -0.39 is 13.0 Å². The fourth-order valence-electron chi connectivity index (χ4n) is 1.75. The van der Waals surface area contributed by atoms with Gasteiger partial charge in [0.2, 0.25) is 5.88 Å². The van der Waals surface area contributed by atoms with Gasteiger partial charge in [-0.1, -0.05) is 6.07 Å². The SMILES string of the molecule is Cc1c(C(=O)Nc2cccc(OCC(F)F)n2)ccn1C. The maximum absolute atomic E-state index is 12.1. The van der Waals surface area contributed by atoms with Crippen LogP contribution in [0.1, 0.15) is 16.1 Å². The smallest absolute Gasteiger partial charge is 0.272 e. The summed E-state index contributed by atoms with van der Waals surface area (Å²) in [6, 6.07) is 6.28. The molecule has 0 saturated heterocycles. The molecule has 0 spiro atoms. The topological polar surface area (TPSA) is 56.1 Å². The number of aromatic nitrogens is 2. The minimum atomic E-state index is -2.57. The van der Waals surface area contributed by atoms with Crippen LogP contribution in [0, 0.1) is 6.92 Å². The second kappa shape index (κ2) is 6.34. The number of rotatable bonds is 5. The Labute approximate surface area is 120 Å². The lowest BCUT2D eigenvalue weighted by Crippen LogP contribution is -2.14. The van der Waals surface area contributed by atoms with Crippen molar-refractivity contribution in [1.82, 2.24) is 9.55 Å². The van der Waals surface area contributed by atoms with E-state index in [1.54, 1.807) is 24.4 Å². The van der Waals surface area contributed by atoms with Gasteiger partial charge in [0.1, 0.15) is 5.82 Å². The van der Waals surface area contributed by atoms with E-state index in [1.165, 1.54) is 6.07 Å². The van der Waals surface area contributed by atoms with Crippen LogP contribution in [0.3, 0.4) is 0 Å². The van der Waals surface area contributed by atoms with Gasteiger partial charge in [-0.25, -0.2) is 8.78 Å². The van der Waals surface area contributed by atoms with Crippen molar-refractivity contribution in [3.05, 3.63) is 41.7 Å². The van der Waals surface area contributed by atoms with Crippen LogP contribution in [0.4, 0.5) is 14.6 Å². The summed E-state index contributed by atoms with van der Waals surface area (Å²) < 4.78 is 30.8. The molecule has 0 radical (unpaired) electrons. The number of nitrogens with zero attached hydrogens (tertiary/aromatic N) is 2. The van der Waals surface area contributed by atoms with Crippen LogP contribution < -0.4 is 10.1 Å². The standard InChI is InChI=1S/C14H15F2N3O2/c1-9-10(6-7-19(9)2)14(20)18-12-4-3-5-13(17-12)21-8-11(15)16/h3-7,11H,8H2,1-2H3,(H,17,18,20). The fraction of sp³-hybridized carbons (Fsp3) is 0.286. The number of amides is 1. The number of nitrogens with one attached hydrogen (secondary N) is 1. The molecule has 0 unspecified atom stereocenters. The highest BCUT2D eigenvalue weighted by Crippen LogP contribution is 2.15. The molecule has 2 heterocycles. The predicted molar refractivity (Wildman–Crippen MR) is 73.8 cm³/mol. The largest absolute Gasteiger partial charge is 0.472 e. The molecule has 1 N–H and O–H groups in total. The van der Waals surface area contributed by atoms with Crippen LogP contribution in [0.25, 0.3) is 0 Å². The highest BCUT2D eigenvalue weighted by atomic mass is 19.3. The predicted octanol–water partition coefficient (Wildman–Crippen LogP) is 2.62. The molecule has 2 rings (SSSR count). The number of hydrogen-bond donors (Lipinski definition) is 1. The monoisotopic (exact) mass is 295 g/mol. The number of carbonyl (C=O) groups excluding carboxylic acids is 1. The molecule has 21 heavy (non-hydrogen) atoms. The Kier molecular flexibility index (Phi) is 4.52. The van der Waals surface area contributed by atoms with Gasteiger partial charge in [0.25, 0.3) is 12.3 Å². The van der Waals surface area contributed by atoms with Gasteiger partial charge in [0, 0.05) is 25.0 Å². The Morgan fingerprint density at radius 2 is 2.19 bits per heavy atom. The van der Waals surface area contributed by atoms with Gasteiger partial charge in [-0.3, -0.25) is 4.79 Å². The Morgan fingerprint density at radius 1 is 1.43 bits per heavy atom. The highest BCUT2D eigenvalue weighted by Gasteiger charge is 2.12. The number of anilines is 1. The molecule has 0 saturated carbocycles. The fourth-order valence-corrected chi connectivity index (χ4v) is 1.75. The van der Waals surface area contributed by atoms with E-state index in [-0.39, 0.29) is 17.6 Å². The lowest BCUT2D eigenvalue weighted by Gasteiger charge is -2.08. The van der Waals surface area contributed by atoms with E-state index in [1.807, 2.05) is 18.5 Å². The maximum Gasteiger partial charge on any atom is 0.272 e. The van der Waals surface area contributed by atoms with Crippen LogP contribution in [0.2, 0.25) is 0 Å². The van der Waals surface area contributed by atoms with Crippen molar-refractivity contribution in [2.24, 2.45) is 7.05 Å². The highest BCUT2D eigenvalue weighted by molar-refractivity contribution is 6.04. The van der Waals surface area contributed by atoms with E-state index in [4.69, 9.17) is 4.74 Å². The molecule has 0 aliphatic carbocycles. The molecule has 1 amide bonds. The Bertz CT molecular complexity index is 641. The molecule has 2 aromatic rings. The summed E-state index contributed by atoms with van der Waals surface area (Å²) in [5.74, 6) is -0.0282. The third-order valence-corrected chi connectivity index (χ3v) is 2.95. The van der Waals surface area contributed by atoms with Crippen LogP contribution in [-0.4, -0.2) is 28.5 Å². The summed E-state index contributed by atoms with van der Waals surface area (Å²) in [4.78, 5) is 16.1. The number of aryl methyl sites for hydroxylation is 1. The molecule has 0 atom stereocenters. The summed E-state index contributed by atoms with van der Waals surface area (Å²) in [6.45, 7) is 1.09. The van der Waals surface area contributed by atoms with Gasteiger partial charge in [-0.2, -0.15) is 4.98 Å². The number of pyridine rings is 1. The van der Waals surface area contributed by atoms with E-state index in [2.05, 4.69) is 10.3 Å². The molecule has 0 bridgehead atoms. The molecule has 112 valence electrons. The molecular weight excluding hydrogens is 280 g/mol. The van der Waals surface area contributed by atoms with Crippen molar-refractivity contribution in [3.8, 4) is 5.88 Å². The summed E-state index contributed by atoms with van der Waals surface area (Å²) in [5.41, 5.74) is 1.34. The van der Waals surface area contributed by atoms with Gasteiger partial charge >= 0.3 is 0 Å². The first-order valence-corrected chi connectivity index (χ1v) is 6.28. The van der Waals surface area contributed by atoms with Crippen LogP contribution in [-0.2, 0) is 7.05 Å². The normalized spacial score (nSPS) is 10.7. The summed E-state index contributed by atoms with van der Waals surface area (Å²) >= 11 is 0. The zero-order valence-corrected chi connectivity index (χ0v) is 11.6. The molecule has 0 aliphatic heterocycles. The van der Waals surface area contributed by atoms with Gasteiger partial charge in [-0.15, -0.1) is 0 Å². The quantitative estimate of drug-likeness (QED) is 0.922. The second-order valence-electron chi connectivity index (χ2n) is 4.44. The van der Waals surface area contributed by atoms with Crippen LogP contribution in [0.5, 0.6) is 5.88 Å². The Morgan fingerprint density at radius 3 is 2.81 bits per heavy atom. The average Bonchev–Trinajstić information content (AvgIpc) is 2.77. The molecule has 2 aromatic heterocycles. The average molecular weight is 295 g/mol. The summed E-state index contributed by atoms with van der Waals surface area (Å²) in [7, 11) is 1.84. The minimum Gasteiger partial charge on any atom is -0.472 e. The van der Waals surface area contributed by atoms with Crippen molar-refractivity contribution in [1.29, 1.82) is 0 Å². The molecule has 0 aliphatic rings. The van der Waals surface area contributed by atoms with Gasteiger partial charge < -0.3 is 14.6 Å². The first-order chi connectivity index (χ1) is 9.97. The number of halogens is 2. The zero-order valence-electron chi connectivity index (χ0n) is 11.6. The first-order valence-electron chi connectivity index (χ1n) is 6.28. The third kappa shape index (κ3) is 3.77. The van der Waals surface area contributed by atoms with Crippen molar-refractivity contribution < 1.29 is 18.3 Å². The van der Waals surface area contributed by atoms with E-state index in [0.717, 1.165) is 5.69 Å². The van der Waals surface area contributed by atoms with Crippen molar-refractivity contribution >= 4 is 11.7 Å². The molecular formula is C14H15F2N3O2. The lowest BCUT2D eigenvalue weighted by molar-refractivity contribution is 0.0796. The Hall–Kier alpha value is -2.44. The lowest BCUT2D eigenvalue weighted by atomic mass is 10.2. The first kappa shape index (κ1) is 15.0. The minimum absolute atomic E-state index is 0.0397. The van der Waals surface area contributed by atoms with Crippen molar-refractivity contribution in [3.63, 3.8) is 0 Å². The summed E-state index contributed by atoms with van der Waals surface area (Å²) in [5, 5.41) is 2.61. The van der Waals surface area contributed by atoms with Gasteiger partial charge in [-0.05, 0) is 19.1 Å². The van der Waals surface area contributed by atoms with Gasteiger partial charge in [0.15, 0.2) is 6.61 Å². The molecule has 7 heteroatoms. The Balaban J connectivity index is 2.07. The van der Waals surface area contributed by atoms with E-state index >= 15 is 0 Å². The summed E-state index contributed by atoms with van der Waals surface area (Å²) in [6.07, 6.45) is -0.795. The number of alkyl halides is 2. The van der Waals surface area contributed by atoms with Gasteiger partial charge in [0.05, 0.1) is 5.56 Å². The van der Waals surface area contributed by atoms with Crippen molar-refractivity contribution in [2.45, 2.75) is 13.3 Å². The third-order valence-electron chi connectivity index (χ3n) is 2.95. The van der Waals surface area contributed by atoms with E-state index in [9.17, 15) is 13.6 Å². The number of ether oxygens (including phenoxy) is 1. The molecule has 0 aromatic carbocycles. The molecule has 5 nitrogen and oxygen atoms in total.